The van der Waals surface area contributed by atoms with E-state index in [9.17, 15) is 4.79 Å². The molecule has 0 aliphatic carbocycles. The number of aromatic nitrogens is 1. The number of ether oxygens (including phenoxy) is 1. The van der Waals surface area contributed by atoms with E-state index in [0.717, 1.165) is 49.6 Å². The maximum atomic E-state index is 13.2. The fourth-order valence-electron chi connectivity index (χ4n) is 4.34. The summed E-state index contributed by atoms with van der Waals surface area (Å²) in [5, 5.41) is 1.18. The van der Waals surface area contributed by atoms with Gasteiger partial charge in [0.15, 0.2) is 0 Å². The van der Waals surface area contributed by atoms with Gasteiger partial charge < -0.3 is 14.5 Å². The van der Waals surface area contributed by atoms with Crippen LogP contribution in [0.15, 0.2) is 42.5 Å². The van der Waals surface area contributed by atoms with Crippen LogP contribution in [0.1, 0.15) is 40.7 Å². The standard InChI is InChI=1S/C23H25N3O2S/c1-15-16(2)28-22-17(15)6-5-7-18(22)23(27)26-12-10-25(11-13-26)14-21-24-19-8-3-4-9-20(19)29-21/h3-9,15-16H,10-14H2,1-2H3/p+1/t15-,16+/m0/s1. The van der Waals surface area contributed by atoms with Gasteiger partial charge in [0.1, 0.15) is 23.4 Å². The zero-order valence-corrected chi connectivity index (χ0v) is 17.7. The smallest absolute Gasteiger partial charge is 0.258 e. The van der Waals surface area contributed by atoms with Crippen LogP contribution in [0.3, 0.4) is 0 Å². The lowest BCUT2D eigenvalue weighted by Crippen LogP contribution is -3.13. The highest BCUT2D eigenvalue weighted by atomic mass is 32.1. The van der Waals surface area contributed by atoms with Gasteiger partial charge in [0, 0.05) is 11.5 Å². The van der Waals surface area contributed by atoms with E-state index >= 15 is 0 Å². The van der Waals surface area contributed by atoms with Crippen LogP contribution >= 0.6 is 11.3 Å². The van der Waals surface area contributed by atoms with Gasteiger partial charge in [-0.05, 0) is 25.1 Å². The number of hydrogen-bond donors (Lipinski definition) is 1. The SMILES string of the molecule is C[C@@H]1c2cccc(C(=O)N3CC[NH+](Cc4nc5ccccc5s4)CC3)c2O[C@@H]1C. The highest BCUT2D eigenvalue weighted by molar-refractivity contribution is 7.18. The maximum absolute atomic E-state index is 13.2. The summed E-state index contributed by atoms with van der Waals surface area (Å²) in [6.45, 7) is 8.61. The Morgan fingerprint density at radius 3 is 2.76 bits per heavy atom. The number of benzene rings is 2. The molecule has 5 nitrogen and oxygen atoms in total. The Morgan fingerprint density at radius 2 is 1.97 bits per heavy atom. The molecular weight excluding hydrogens is 382 g/mol. The van der Waals surface area contributed by atoms with E-state index in [4.69, 9.17) is 9.72 Å². The first-order valence-corrected chi connectivity index (χ1v) is 11.2. The minimum atomic E-state index is 0.0992. The lowest BCUT2D eigenvalue weighted by Gasteiger charge is -2.32. The van der Waals surface area contributed by atoms with Crippen LogP contribution in [0.2, 0.25) is 0 Å². The molecule has 1 aromatic heterocycles. The van der Waals surface area contributed by atoms with E-state index < -0.39 is 0 Å². The minimum Gasteiger partial charge on any atom is -0.489 e. The molecule has 6 heteroatoms. The molecule has 2 aliphatic rings. The number of nitrogens with one attached hydrogen (secondary N) is 1. The number of carbonyl (C=O) groups is 1. The third kappa shape index (κ3) is 3.40. The van der Waals surface area contributed by atoms with Crippen LogP contribution < -0.4 is 9.64 Å². The van der Waals surface area contributed by atoms with Gasteiger partial charge in [0.05, 0.1) is 42.0 Å². The Bertz CT molecular complexity index is 1020. The van der Waals surface area contributed by atoms with Gasteiger partial charge in [0.25, 0.3) is 5.91 Å². The van der Waals surface area contributed by atoms with Gasteiger partial charge in [-0.25, -0.2) is 4.98 Å². The summed E-state index contributed by atoms with van der Waals surface area (Å²) in [5.74, 6) is 1.22. The summed E-state index contributed by atoms with van der Waals surface area (Å²) in [5.41, 5.74) is 2.96. The molecule has 5 rings (SSSR count). The van der Waals surface area contributed by atoms with E-state index in [1.165, 1.54) is 14.6 Å². The molecule has 29 heavy (non-hydrogen) atoms. The van der Waals surface area contributed by atoms with Gasteiger partial charge >= 0.3 is 0 Å². The second-order valence-electron chi connectivity index (χ2n) is 8.13. The molecule has 3 heterocycles. The number of rotatable bonds is 3. The number of para-hydroxylation sites is 2. The molecule has 1 saturated heterocycles. The molecule has 150 valence electrons. The third-order valence-electron chi connectivity index (χ3n) is 6.27. The number of carbonyl (C=O) groups excluding carboxylic acids is 1. The second-order valence-corrected chi connectivity index (χ2v) is 9.25. The Labute approximate surface area is 174 Å². The maximum Gasteiger partial charge on any atom is 0.258 e. The summed E-state index contributed by atoms with van der Waals surface area (Å²) in [6, 6.07) is 14.3. The van der Waals surface area contributed by atoms with Crippen molar-refractivity contribution in [3.05, 3.63) is 58.6 Å². The summed E-state index contributed by atoms with van der Waals surface area (Å²) < 4.78 is 7.28. The zero-order valence-electron chi connectivity index (χ0n) is 16.9. The lowest BCUT2D eigenvalue weighted by molar-refractivity contribution is -0.917. The highest BCUT2D eigenvalue weighted by Gasteiger charge is 2.33. The van der Waals surface area contributed by atoms with Crippen LogP contribution in [0.25, 0.3) is 10.2 Å². The average Bonchev–Trinajstić information content (AvgIpc) is 3.28. The molecule has 2 atom stereocenters. The molecule has 0 unspecified atom stereocenters. The van der Waals surface area contributed by atoms with E-state index in [-0.39, 0.29) is 12.0 Å². The van der Waals surface area contributed by atoms with Crippen LogP contribution in [0.5, 0.6) is 5.75 Å². The molecule has 0 bridgehead atoms. The first-order valence-electron chi connectivity index (χ1n) is 10.4. The lowest BCUT2D eigenvalue weighted by atomic mass is 9.96. The van der Waals surface area contributed by atoms with Crippen LogP contribution in [0.4, 0.5) is 0 Å². The Morgan fingerprint density at radius 1 is 1.17 bits per heavy atom. The van der Waals surface area contributed by atoms with Crippen LogP contribution in [-0.2, 0) is 6.54 Å². The first kappa shape index (κ1) is 18.6. The Hall–Kier alpha value is -2.44. The largest absolute Gasteiger partial charge is 0.489 e. The van der Waals surface area contributed by atoms with Crippen molar-refractivity contribution in [3.8, 4) is 5.75 Å². The Balaban J connectivity index is 1.25. The van der Waals surface area contributed by atoms with Crippen molar-refractivity contribution in [2.24, 2.45) is 0 Å². The number of thiazole rings is 1. The van der Waals surface area contributed by atoms with E-state index in [1.807, 2.05) is 23.1 Å². The second kappa shape index (κ2) is 7.43. The van der Waals surface area contributed by atoms with Crippen LogP contribution in [0, 0.1) is 0 Å². The summed E-state index contributed by atoms with van der Waals surface area (Å²) in [6.07, 6.45) is 0.119. The Kier molecular flexibility index (Phi) is 4.76. The number of amides is 1. The topological polar surface area (TPSA) is 46.9 Å². The molecule has 0 radical (unpaired) electrons. The van der Waals surface area contributed by atoms with E-state index in [0.29, 0.717) is 11.5 Å². The predicted octanol–water partition coefficient (Wildman–Crippen LogP) is 2.72. The first-order chi connectivity index (χ1) is 14.1. The molecule has 3 aromatic rings. The van der Waals surface area contributed by atoms with E-state index in [2.05, 4.69) is 38.1 Å². The number of nitrogens with zero attached hydrogens (tertiary/aromatic N) is 2. The number of hydrogen-bond acceptors (Lipinski definition) is 4. The molecular formula is C23H26N3O2S+. The van der Waals surface area contributed by atoms with Gasteiger partial charge in [-0.3, -0.25) is 4.79 Å². The van der Waals surface area contributed by atoms with Crippen molar-refractivity contribution in [1.29, 1.82) is 0 Å². The minimum absolute atomic E-state index is 0.0992. The van der Waals surface area contributed by atoms with Crippen LogP contribution in [-0.4, -0.2) is 48.1 Å². The normalized spacial score (nSPS) is 21.9. The predicted molar refractivity (Wildman–Crippen MR) is 115 cm³/mol. The summed E-state index contributed by atoms with van der Waals surface area (Å²) >= 11 is 1.78. The fraction of sp³-hybridized carbons (Fsp3) is 0.391. The van der Waals surface area contributed by atoms with E-state index in [1.54, 1.807) is 11.3 Å². The van der Waals surface area contributed by atoms with Crippen molar-refractivity contribution in [2.45, 2.75) is 32.4 Å². The number of fused-ring (bicyclic) bond motifs is 2. The van der Waals surface area contributed by atoms with Gasteiger partial charge in [-0.2, -0.15) is 0 Å². The van der Waals surface area contributed by atoms with Crippen molar-refractivity contribution in [2.75, 3.05) is 26.2 Å². The highest BCUT2D eigenvalue weighted by Crippen LogP contribution is 2.40. The molecule has 2 aliphatic heterocycles. The quantitative estimate of drug-likeness (QED) is 0.725. The summed E-state index contributed by atoms with van der Waals surface area (Å²) in [7, 11) is 0. The van der Waals surface area contributed by atoms with Crippen molar-refractivity contribution >= 4 is 27.5 Å². The molecule has 1 fully saturated rings. The average molecular weight is 409 g/mol. The number of quaternary nitrogens is 1. The zero-order chi connectivity index (χ0) is 20.0. The van der Waals surface area contributed by atoms with Crippen molar-refractivity contribution in [3.63, 3.8) is 0 Å². The molecule has 1 N–H and O–H groups in total. The molecule has 2 aromatic carbocycles. The number of piperazine rings is 1. The van der Waals surface area contributed by atoms with Gasteiger partial charge in [-0.15, -0.1) is 11.3 Å². The molecule has 0 saturated carbocycles. The van der Waals surface area contributed by atoms with Gasteiger partial charge in [-0.1, -0.05) is 31.2 Å². The van der Waals surface area contributed by atoms with Crippen molar-refractivity contribution in [1.82, 2.24) is 9.88 Å². The summed E-state index contributed by atoms with van der Waals surface area (Å²) in [4.78, 5) is 21.4. The monoisotopic (exact) mass is 408 g/mol. The fourth-order valence-corrected chi connectivity index (χ4v) is 5.38. The van der Waals surface area contributed by atoms with Crippen molar-refractivity contribution < 1.29 is 14.4 Å². The molecule has 1 amide bonds. The third-order valence-corrected chi connectivity index (χ3v) is 7.31. The van der Waals surface area contributed by atoms with Gasteiger partial charge in [0.2, 0.25) is 0 Å². The molecule has 0 spiro atoms.